The van der Waals surface area contributed by atoms with E-state index in [0.717, 1.165) is 38.5 Å². The van der Waals surface area contributed by atoms with Crippen LogP contribution >= 0.6 is 15.9 Å². The number of aromatic nitrogens is 4. The lowest BCUT2D eigenvalue weighted by atomic mass is 9.95. The second kappa shape index (κ2) is 8.51. The molecule has 3 aliphatic rings. The van der Waals surface area contributed by atoms with Crippen molar-refractivity contribution < 1.29 is 14.3 Å². The number of hydrogen-bond acceptors (Lipinski definition) is 7. The Morgan fingerprint density at radius 3 is 2.68 bits per heavy atom. The van der Waals surface area contributed by atoms with Crippen LogP contribution in [0.1, 0.15) is 65.5 Å². The number of rotatable bonds is 3. The van der Waals surface area contributed by atoms with Crippen LogP contribution in [-0.2, 0) is 16.5 Å². The van der Waals surface area contributed by atoms with E-state index in [9.17, 15) is 9.59 Å². The summed E-state index contributed by atoms with van der Waals surface area (Å²) in [6, 6.07) is 0.282. The summed E-state index contributed by atoms with van der Waals surface area (Å²) in [5.41, 5.74) is -0.149. The Hall–Kier alpha value is -2.14. The molecule has 34 heavy (non-hydrogen) atoms. The third-order valence-electron chi connectivity index (χ3n) is 7.21. The molecule has 2 aromatic heterocycles. The van der Waals surface area contributed by atoms with Gasteiger partial charge in [0.15, 0.2) is 11.9 Å². The first-order valence-electron chi connectivity index (χ1n) is 12.1. The molecule has 3 fully saturated rings. The molecule has 0 saturated carbocycles. The number of ether oxygens (including phenoxy) is 2. The maximum atomic E-state index is 13.4. The van der Waals surface area contributed by atoms with E-state index in [1.807, 2.05) is 20.8 Å². The van der Waals surface area contributed by atoms with Crippen molar-refractivity contribution in [1.82, 2.24) is 24.2 Å². The van der Waals surface area contributed by atoms with Crippen molar-refractivity contribution in [3.8, 4) is 0 Å². The Bertz CT molecular complexity index is 1160. The zero-order valence-corrected chi connectivity index (χ0v) is 22.0. The number of carbonyl (C=O) groups is 1. The van der Waals surface area contributed by atoms with Crippen LogP contribution in [0.25, 0.3) is 11.0 Å². The summed E-state index contributed by atoms with van der Waals surface area (Å²) < 4.78 is 15.4. The van der Waals surface area contributed by atoms with Gasteiger partial charge in [0.1, 0.15) is 15.6 Å². The molecule has 3 saturated heterocycles. The van der Waals surface area contributed by atoms with E-state index >= 15 is 0 Å². The second-order valence-corrected chi connectivity index (χ2v) is 11.4. The Labute approximate surface area is 207 Å². The third kappa shape index (κ3) is 3.90. The number of nitrogens with zero attached hydrogens (tertiary/aromatic N) is 6. The van der Waals surface area contributed by atoms with Crippen LogP contribution in [0.5, 0.6) is 0 Å². The fraction of sp³-hybridized carbons (Fsp3) is 0.739. The standard InChI is InChI=1S/C23H33BrN6O4/c1-23(2,3)34-22(32)27(4)15-12-13-9-10-14(15)29(13)21-25-19-17(20(31)28(21)5)18(24)26-30(19)16-8-6-7-11-33-16/h13-16H,6-12H2,1-5H3/t13-,14+,15+,16?/m0/s1. The predicted octanol–water partition coefficient (Wildman–Crippen LogP) is 3.57. The molecule has 0 radical (unpaired) electrons. The maximum absolute atomic E-state index is 13.4. The average Bonchev–Trinajstić information content (AvgIpc) is 3.46. The van der Waals surface area contributed by atoms with Crippen LogP contribution < -0.4 is 10.5 Å². The van der Waals surface area contributed by atoms with Gasteiger partial charge in [-0.3, -0.25) is 9.36 Å². The first-order valence-corrected chi connectivity index (χ1v) is 12.9. The maximum Gasteiger partial charge on any atom is 0.410 e. The molecule has 0 N–H and O–H groups in total. The molecule has 0 aromatic carbocycles. The molecular formula is C23H33BrN6O4. The lowest BCUT2D eigenvalue weighted by Crippen LogP contribution is -2.47. The van der Waals surface area contributed by atoms with Crippen LogP contribution in [0.2, 0.25) is 0 Å². The summed E-state index contributed by atoms with van der Waals surface area (Å²) >= 11 is 3.47. The van der Waals surface area contributed by atoms with Gasteiger partial charge in [0.05, 0.1) is 12.1 Å². The first kappa shape index (κ1) is 23.6. The van der Waals surface area contributed by atoms with E-state index in [1.165, 1.54) is 0 Å². The molecule has 1 amide bonds. The topological polar surface area (TPSA) is 94.7 Å². The number of amides is 1. The molecule has 3 aliphatic heterocycles. The molecule has 2 aromatic rings. The van der Waals surface area contributed by atoms with Gasteiger partial charge in [0.2, 0.25) is 5.95 Å². The fourth-order valence-electron chi connectivity index (χ4n) is 5.62. The fourth-order valence-corrected chi connectivity index (χ4v) is 6.14. The van der Waals surface area contributed by atoms with Crippen molar-refractivity contribution in [2.75, 3.05) is 18.6 Å². The number of hydrogen-bond donors (Lipinski definition) is 0. The van der Waals surface area contributed by atoms with Gasteiger partial charge in [-0.25, -0.2) is 9.48 Å². The number of anilines is 1. The molecule has 5 heterocycles. The zero-order valence-electron chi connectivity index (χ0n) is 20.5. The quantitative estimate of drug-likeness (QED) is 0.591. The van der Waals surface area contributed by atoms with Crippen molar-refractivity contribution in [3.63, 3.8) is 0 Å². The van der Waals surface area contributed by atoms with Gasteiger partial charge >= 0.3 is 6.09 Å². The Balaban J connectivity index is 1.51. The third-order valence-corrected chi connectivity index (χ3v) is 7.76. The van der Waals surface area contributed by atoms with E-state index in [4.69, 9.17) is 14.5 Å². The molecule has 5 rings (SSSR count). The predicted molar refractivity (Wildman–Crippen MR) is 131 cm³/mol. The minimum Gasteiger partial charge on any atom is -0.444 e. The zero-order chi connectivity index (χ0) is 24.4. The van der Waals surface area contributed by atoms with Crippen molar-refractivity contribution in [3.05, 3.63) is 15.0 Å². The molecular weight excluding hydrogens is 504 g/mol. The molecule has 10 nitrogen and oxygen atoms in total. The second-order valence-electron chi connectivity index (χ2n) is 10.6. The summed E-state index contributed by atoms with van der Waals surface area (Å²) in [5.74, 6) is 0.620. The van der Waals surface area contributed by atoms with Crippen molar-refractivity contribution in [1.29, 1.82) is 0 Å². The monoisotopic (exact) mass is 536 g/mol. The number of likely N-dealkylation sites (N-methyl/N-ethyl adjacent to an activating group) is 1. The number of halogens is 1. The van der Waals surface area contributed by atoms with Crippen molar-refractivity contribution in [2.45, 2.75) is 89.3 Å². The summed E-state index contributed by atoms with van der Waals surface area (Å²) in [7, 11) is 3.56. The van der Waals surface area contributed by atoms with Gasteiger partial charge in [0.25, 0.3) is 5.56 Å². The minimum absolute atomic E-state index is 0.000441. The van der Waals surface area contributed by atoms with Crippen molar-refractivity contribution >= 4 is 39.0 Å². The van der Waals surface area contributed by atoms with E-state index in [0.29, 0.717) is 28.2 Å². The van der Waals surface area contributed by atoms with Crippen LogP contribution in [0.15, 0.2) is 9.40 Å². The Kier molecular flexibility index (Phi) is 5.91. The van der Waals surface area contributed by atoms with Gasteiger partial charge in [-0.15, -0.1) is 0 Å². The molecule has 0 aliphatic carbocycles. The van der Waals surface area contributed by atoms with Crippen molar-refractivity contribution in [2.24, 2.45) is 7.05 Å². The molecule has 186 valence electrons. The summed E-state index contributed by atoms with van der Waals surface area (Å²) in [4.78, 5) is 35.1. The lowest BCUT2D eigenvalue weighted by molar-refractivity contribution is -0.0371. The highest BCUT2D eigenvalue weighted by Gasteiger charge is 2.50. The minimum atomic E-state index is -0.549. The van der Waals surface area contributed by atoms with Crippen LogP contribution in [0, 0.1) is 0 Å². The number of carbonyl (C=O) groups excluding carboxylic acids is 1. The lowest BCUT2D eigenvalue weighted by Gasteiger charge is -2.33. The van der Waals surface area contributed by atoms with Gasteiger partial charge in [-0.2, -0.15) is 10.1 Å². The smallest absolute Gasteiger partial charge is 0.410 e. The summed E-state index contributed by atoms with van der Waals surface area (Å²) in [6.07, 6.45) is 5.14. The van der Waals surface area contributed by atoms with E-state index in [2.05, 4.69) is 25.9 Å². The summed E-state index contributed by atoms with van der Waals surface area (Å²) in [5, 5.41) is 5.05. The summed E-state index contributed by atoms with van der Waals surface area (Å²) in [6.45, 7) is 6.30. The highest BCUT2D eigenvalue weighted by Crippen LogP contribution is 2.42. The normalized spacial score (nSPS) is 26.9. The Morgan fingerprint density at radius 2 is 2.00 bits per heavy atom. The van der Waals surface area contributed by atoms with Crippen LogP contribution in [-0.4, -0.2) is 67.7 Å². The SMILES string of the molecule is CN(C(=O)OC(C)(C)C)[C@@H]1C[C@@H]2CC[C@H]1N2c1nc2c(c(Br)nn2C2CCCCO2)c(=O)n1C. The van der Waals surface area contributed by atoms with Gasteiger partial charge in [-0.05, 0) is 75.2 Å². The molecule has 0 spiro atoms. The molecule has 4 atom stereocenters. The Morgan fingerprint density at radius 1 is 1.24 bits per heavy atom. The van der Waals surface area contributed by atoms with Crippen LogP contribution in [0.3, 0.4) is 0 Å². The molecule has 11 heteroatoms. The van der Waals surface area contributed by atoms with E-state index < -0.39 is 5.60 Å². The average molecular weight is 537 g/mol. The first-order chi connectivity index (χ1) is 16.1. The highest BCUT2D eigenvalue weighted by molar-refractivity contribution is 9.10. The molecule has 2 bridgehead atoms. The van der Waals surface area contributed by atoms with Gasteiger partial charge in [0, 0.05) is 26.7 Å². The van der Waals surface area contributed by atoms with E-state index in [1.54, 1.807) is 28.2 Å². The van der Waals surface area contributed by atoms with Crippen LogP contribution in [0.4, 0.5) is 10.7 Å². The molecule has 1 unspecified atom stereocenters. The van der Waals surface area contributed by atoms with Gasteiger partial charge < -0.3 is 19.3 Å². The van der Waals surface area contributed by atoms with E-state index in [-0.39, 0.29) is 36.0 Å². The highest BCUT2D eigenvalue weighted by atomic mass is 79.9. The largest absolute Gasteiger partial charge is 0.444 e. The van der Waals surface area contributed by atoms with Gasteiger partial charge in [-0.1, -0.05) is 0 Å². The number of fused-ring (bicyclic) bond motifs is 3.